The van der Waals surface area contributed by atoms with Crippen molar-refractivity contribution in [2.45, 2.75) is 39.3 Å². The summed E-state index contributed by atoms with van der Waals surface area (Å²) in [5, 5.41) is 13.1. The van der Waals surface area contributed by atoms with Gasteiger partial charge in [-0.05, 0) is 27.3 Å². The molecule has 0 aliphatic rings. The minimum absolute atomic E-state index is 0.112. The molecule has 0 amide bonds. The summed E-state index contributed by atoms with van der Waals surface area (Å²) in [5.74, 6) is 1.28. The first-order chi connectivity index (χ1) is 7.00. The topological polar surface area (TPSA) is 62.4 Å². The van der Waals surface area contributed by atoms with Crippen LogP contribution in [0.1, 0.15) is 38.0 Å². The Morgan fingerprint density at radius 3 is 2.60 bits per heavy atom. The van der Waals surface area contributed by atoms with Crippen molar-refractivity contribution in [2.24, 2.45) is 0 Å². The monoisotopic (exact) mass is 213 g/mol. The second-order valence-electron chi connectivity index (χ2n) is 3.97. The molecule has 0 aliphatic heterocycles. The van der Waals surface area contributed by atoms with Gasteiger partial charge >= 0.3 is 0 Å². The molecule has 1 rings (SSSR count). The first-order valence-corrected chi connectivity index (χ1v) is 5.19. The van der Waals surface area contributed by atoms with E-state index in [0.29, 0.717) is 11.7 Å². The molecule has 0 aromatic carbocycles. The number of hydrogen-bond donors (Lipinski definition) is 1. The Morgan fingerprint density at radius 1 is 1.47 bits per heavy atom. The normalized spacial score (nSPS) is 15.6. The highest BCUT2D eigenvalue weighted by atomic mass is 16.5. The average molecular weight is 213 g/mol. The van der Waals surface area contributed by atoms with Gasteiger partial charge in [0.15, 0.2) is 5.82 Å². The molecular formula is C10H19N3O2. The molecule has 1 aromatic heterocycles. The lowest BCUT2D eigenvalue weighted by Gasteiger charge is -2.22. The fourth-order valence-corrected chi connectivity index (χ4v) is 1.27. The molecule has 5 heteroatoms. The van der Waals surface area contributed by atoms with E-state index >= 15 is 0 Å². The first kappa shape index (κ1) is 12.1. The SMILES string of the molecule is Cc1nc([C@H](C)N(C)CC[C@@H](C)O)no1. The zero-order valence-electron chi connectivity index (χ0n) is 9.77. The van der Waals surface area contributed by atoms with Crippen LogP contribution in [0.4, 0.5) is 0 Å². The minimum Gasteiger partial charge on any atom is -0.393 e. The van der Waals surface area contributed by atoms with Crippen LogP contribution >= 0.6 is 0 Å². The summed E-state index contributed by atoms with van der Waals surface area (Å²) in [7, 11) is 1.98. The van der Waals surface area contributed by atoms with Crippen molar-refractivity contribution in [3.05, 3.63) is 11.7 Å². The van der Waals surface area contributed by atoms with Crippen LogP contribution in [0.3, 0.4) is 0 Å². The van der Waals surface area contributed by atoms with Gasteiger partial charge in [-0.2, -0.15) is 4.98 Å². The number of aryl methyl sites for hydroxylation is 1. The Balaban J connectivity index is 2.49. The Bertz CT molecular complexity index is 299. The van der Waals surface area contributed by atoms with Crippen molar-refractivity contribution in [2.75, 3.05) is 13.6 Å². The van der Waals surface area contributed by atoms with Crippen molar-refractivity contribution < 1.29 is 9.63 Å². The molecule has 0 unspecified atom stereocenters. The highest BCUT2D eigenvalue weighted by Crippen LogP contribution is 2.15. The van der Waals surface area contributed by atoms with Crippen molar-refractivity contribution in [1.29, 1.82) is 0 Å². The molecule has 2 atom stereocenters. The molecule has 0 spiro atoms. The van der Waals surface area contributed by atoms with Gasteiger partial charge in [-0.25, -0.2) is 0 Å². The second kappa shape index (κ2) is 5.23. The Labute approximate surface area is 90.1 Å². The average Bonchev–Trinajstić information content (AvgIpc) is 2.60. The molecule has 86 valence electrons. The van der Waals surface area contributed by atoms with Crippen molar-refractivity contribution >= 4 is 0 Å². The third-order valence-corrected chi connectivity index (χ3v) is 2.48. The van der Waals surface area contributed by atoms with Crippen LogP contribution in [0, 0.1) is 6.92 Å². The highest BCUT2D eigenvalue weighted by molar-refractivity contribution is 4.91. The van der Waals surface area contributed by atoms with Crippen LogP contribution in [0.25, 0.3) is 0 Å². The Morgan fingerprint density at radius 2 is 2.13 bits per heavy atom. The summed E-state index contributed by atoms with van der Waals surface area (Å²) in [4.78, 5) is 6.27. The van der Waals surface area contributed by atoms with Crippen LogP contribution in [-0.4, -0.2) is 39.8 Å². The van der Waals surface area contributed by atoms with Crippen LogP contribution in [0.15, 0.2) is 4.52 Å². The summed E-state index contributed by atoms with van der Waals surface area (Å²) >= 11 is 0. The van der Waals surface area contributed by atoms with Crippen LogP contribution in [-0.2, 0) is 0 Å². The van der Waals surface area contributed by atoms with Gasteiger partial charge in [0, 0.05) is 13.5 Å². The van der Waals surface area contributed by atoms with Gasteiger partial charge in [0.1, 0.15) is 0 Å². The number of aromatic nitrogens is 2. The molecule has 0 bridgehead atoms. The predicted octanol–water partition coefficient (Wildman–Crippen LogP) is 1.14. The van der Waals surface area contributed by atoms with Crippen LogP contribution in [0.2, 0.25) is 0 Å². The molecule has 0 radical (unpaired) electrons. The van der Waals surface area contributed by atoms with Gasteiger partial charge in [0.25, 0.3) is 0 Å². The molecule has 0 fully saturated rings. The number of aliphatic hydroxyl groups is 1. The second-order valence-corrected chi connectivity index (χ2v) is 3.97. The Kier molecular flexibility index (Phi) is 4.23. The van der Waals surface area contributed by atoms with E-state index in [1.807, 2.05) is 14.0 Å². The summed E-state index contributed by atoms with van der Waals surface area (Å²) in [5.41, 5.74) is 0. The maximum absolute atomic E-state index is 9.18. The van der Waals surface area contributed by atoms with Gasteiger partial charge in [-0.1, -0.05) is 5.16 Å². The van der Waals surface area contributed by atoms with E-state index in [9.17, 15) is 5.11 Å². The van der Waals surface area contributed by atoms with E-state index in [1.54, 1.807) is 13.8 Å². The lowest BCUT2D eigenvalue weighted by Crippen LogP contribution is -2.26. The summed E-state index contributed by atoms with van der Waals surface area (Å²) in [6.07, 6.45) is 0.476. The maximum Gasteiger partial charge on any atom is 0.223 e. The zero-order valence-corrected chi connectivity index (χ0v) is 9.77. The van der Waals surface area contributed by atoms with E-state index in [-0.39, 0.29) is 12.1 Å². The van der Waals surface area contributed by atoms with E-state index < -0.39 is 0 Å². The van der Waals surface area contributed by atoms with Crippen molar-refractivity contribution in [3.8, 4) is 0 Å². The third kappa shape index (κ3) is 3.60. The molecule has 0 saturated heterocycles. The number of hydrogen-bond acceptors (Lipinski definition) is 5. The number of nitrogens with zero attached hydrogens (tertiary/aromatic N) is 3. The molecule has 0 aliphatic carbocycles. The van der Waals surface area contributed by atoms with Gasteiger partial charge in [-0.15, -0.1) is 0 Å². The van der Waals surface area contributed by atoms with Gasteiger partial charge in [-0.3, -0.25) is 4.90 Å². The summed E-state index contributed by atoms with van der Waals surface area (Å²) in [6.45, 7) is 6.40. The number of rotatable bonds is 5. The quantitative estimate of drug-likeness (QED) is 0.794. The third-order valence-electron chi connectivity index (χ3n) is 2.48. The van der Waals surface area contributed by atoms with Crippen molar-refractivity contribution in [1.82, 2.24) is 15.0 Å². The van der Waals surface area contributed by atoms with Crippen LogP contribution < -0.4 is 0 Å². The summed E-state index contributed by atoms with van der Waals surface area (Å²) < 4.78 is 4.92. The molecular weight excluding hydrogens is 194 g/mol. The molecule has 1 heterocycles. The number of aliphatic hydroxyl groups excluding tert-OH is 1. The lowest BCUT2D eigenvalue weighted by atomic mass is 10.2. The van der Waals surface area contributed by atoms with Crippen LogP contribution in [0.5, 0.6) is 0 Å². The van der Waals surface area contributed by atoms with Gasteiger partial charge in [0.2, 0.25) is 5.89 Å². The largest absolute Gasteiger partial charge is 0.393 e. The fraction of sp³-hybridized carbons (Fsp3) is 0.800. The molecule has 1 aromatic rings. The zero-order chi connectivity index (χ0) is 11.4. The molecule has 1 N–H and O–H groups in total. The van der Waals surface area contributed by atoms with Gasteiger partial charge in [0.05, 0.1) is 12.1 Å². The first-order valence-electron chi connectivity index (χ1n) is 5.19. The van der Waals surface area contributed by atoms with Crippen molar-refractivity contribution in [3.63, 3.8) is 0 Å². The fourth-order valence-electron chi connectivity index (χ4n) is 1.27. The lowest BCUT2D eigenvalue weighted by molar-refractivity contribution is 0.150. The van der Waals surface area contributed by atoms with E-state index in [2.05, 4.69) is 15.0 Å². The van der Waals surface area contributed by atoms with E-state index in [4.69, 9.17) is 4.52 Å². The summed E-state index contributed by atoms with van der Waals surface area (Å²) in [6, 6.07) is 0.112. The van der Waals surface area contributed by atoms with E-state index in [1.165, 1.54) is 0 Å². The maximum atomic E-state index is 9.18. The standard InChI is InChI=1S/C10H19N3O2/c1-7(14)5-6-13(4)8(2)10-11-9(3)15-12-10/h7-8,14H,5-6H2,1-4H3/t7-,8+/m1/s1. The van der Waals surface area contributed by atoms with Gasteiger partial charge < -0.3 is 9.63 Å². The molecule has 0 saturated carbocycles. The minimum atomic E-state index is -0.272. The highest BCUT2D eigenvalue weighted by Gasteiger charge is 2.16. The smallest absolute Gasteiger partial charge is 0.223 e. The molecule has 5 nitrogen and oxygen atoms in total. The molecule has 15 heavy (non-hydrogen) atoms. The Hall–Kier alpha value is -0.940. The predicted molar refractivity (Wildman–Crippen MR) is 56.4 cm³/mol. The van der Waals surface area contributed by atoms with E-state index in [0.717, 1.165) is 13.0 Å².